The average Bonchev–Trinajstić information content (AvgIpc) is 2.89. The highest BCUT2D eigenvalue weighted by molar-refractivity contribution is 7.89. The minimum atomic E-state index is -3.74. The smallest absolute Gasteiger partial charge is 0.251 e. The molecule has 0 aliphatic carbocycles. The van der Waals surface area contributed by atoms with Gasteiger partial charge in [-0.1, -0.05) is 40.7 Å². The molecule has 10 heteroatoms. The van der Waals surface area contributed by atoms with Gasteiger partial charge in [0.2, 0.25) is 15.9 Å². The van der Waals surface area contributed by atoms with Crippen molar-refractivity contribution in [2.24, 2.45) is 17.6 Å². The van der Waals surface area contributed by atoms with E-state index in [1.54, 1.807) is 19.1 Å². The second-order valence-electron chi connectivity index (χ2n) is 10.4. The van der Waals surface area contributed by atoms with E-state index in [-0.39, 0.29) is 22.3 Å². The SMILES string of the molecule is CCCN(CCC)S(=O)(=O)c1cccc(C(=O)N[C@@H](CC(C)C)[C@@H](N)C[C@@H](C)C(=O)Nc2ccc(F)cc2)c1. The topological polar surface area (TPSA) is 122 Å². The fourth-order valence-corrected chi connectivity index (χ4v) is 6.05. The zero-order valence-electron chi connectivity index (χ0n) is 23.6. The average molecular weight is 563 g/mol. The number of nitrogens with one attached hydrogen (secondary N) is 2. The molecule has 2 amide bonds. The molecule has 3 atom stereocenters. The lowest BCUT2D eigenvalue weighted by molar-refractivity contribution is -0.119. The fraction of sp³-hybridized carbons (Fsp3) is 0.517. The number of hydrogen-bond donors (Lipinski definition) is 3. The van der Waals surface area contributed by atoms with E-state index in [0.717, 1.165) is 0 Å². The molecule has 2 aromatic rings. The van der Waals surface area contributed by atoms with Crippen LogP contribution in [-0.2, 0) is 14.8 Å². The molecule has 2 rings (SSSR count). The molecule has 39 heavy (non-hydrogen) atoms. The monoisotopic (exact) mass is 562 g/mol. The largest absolute Gasteiger partial charge is 0.348 e. The Hall–Kier alpha value is -2.82. The molecule has 0 aliphatic heterocycles. The summed E-state index contributed by atoms with van der Waals surface area (Å²) in [5.74, 6) is -1.32. The van der Waals surface area contributed by atoms with Crippen LogP contribution in [0.5, 0.6) is 0 Å². The van der Waals surface area contributed by atoms with Crippen molar-refractivity contribution in [3.63, 3.8) is 0 Å². The summed E-state index contributed by atoms with van der Waals surface area (Å²) in [5.41, 5.74) is 7.22. The zero-order valence-corrected chi connectivity index (χ0v) is 24.4. The highest BCUT2D eigenvalue weighted by atomic mass is 32.2. The summed E-state index contributed by atoms with van der Waals surface area (Å²) in [6, 6.07) is 10.6. The van der Waals surface area contributed by atoms with Crippen LogP contribution >= 0.6 is 0 Å². The molecule has 0 saturated heterocycles. The van der Waals surface area contributed by atoms with Crippen molar-refractivity contribution in [3.8, 4) is 0 Å². The van der Waals surface area contributed by atoms with Gasteiger partial charge < -0.3 is 16.4 Å². The van der Waals surface area contributed by atoms with Crippen molar-refractivity contribution < 1.29 is 22.4 Å². The summed E-state index contributed by atoms with van der Waals surface area (Å²) in [4.78, 5) is 26.0. The first kappa shape index (κ1) is 32.4. The molecule has 0 aromatic heterocycles. The quantitative estimate of drug-likeness (QED) is 0.289. The number of rotatable bonds is 15. The number of hydrogen-bond acceptors (Lipinski definition) is 5. The van der Waals surface area contributed by atoms with E-state index in [1.807, 2.05) is 27.7 Å². The maximum Gasteiger partial charge on any atom is 0.251 e. The Morgan fingerprint density at radius 1 is 0.974 bits per heavy atom. The van der Waals surface area contributed by atoms with Crippen LogP contribution in [0.4, 0.5) is 10.1 Å². The third kappa shape index (κ3) is 9.70. The van der Waals surface area contributed by atoms with Gasteiger partial charge in [-0.15, -0.1) is 0 Å². The minimum Gasteiger partial charge on any atom is -0.348 e. The van der Waals surface area contributed by atoms with Crippen molar-refractivity contribution in [1.29, 1.82) is 0 Å². The lowest BCUT2D eigenvalue weighted by atomic mass is 9.91. The predicted molar refractivity (Wildman–Crippen MR) is 153 cm³/mol. The first-order valence-corrected chi connectivity index (χ1v) is 15.1. The highest BCUT2D eigenvalue weighted by Gasteiger charge is 2.27. The number of anilines is 1. The van der Waals surface area contributed by atoms with Crippen LogP contribution in [0.25, 0.3) is 0 Å². The number of benzene rings is 2. The first-order valence-electron chi connectivity index (χ1n) is 13.6. The molecule has 0 radical (unpaired) electrons. The van der Waals surface area contributed by atoms with Gasteiger partial charge in [0.1, 0.15) is 5.82 Å². The van der Waals surface area contributed by atoms with Crippen LogP contribution in [0.3, 0.4) is 0 Å². The van der Waals surface area contributed by atoms with Crippen molar-refractivity contribution in [2.75, 3.05) is 18.4 Å². The Morgan fingerprint density at radius 2 is 1.59 bits per heavy atom. The Balaban J connectivity index is 2.15. The molecule has 8 nitrogen and oxygen atoms in total. The molecule has 0 heterocycles. The maximum absolute atomic E-state index is 13.2. The second kappa shape index (κ2) is 15.1. The molecular weight excluding hydrogens is 519 g/mol. The van der Waals surface area contributed by atoms with E-state index >= 15 is 0 Å². The summed E-state index contributed by atoms with van der Waals surface area (Å²) < 4.78 is 41.0. The highest BCUT2D eigenvalue weighted by Crippen LogP contribution is 2.20. The van der Waals surface area contributed by atoms with Gasteiger partial charge >= 0.3 is 0 Å². The summed E-state index contributed by atoms with van der Waals surface area (Å²) in [6.45, 7) is 10.4. The summed E-state index contributed by atoms with van der Waals surface area (Å²) in [7, 11) is -3.74. The number of nitrogens with zero attached hydrogens (tertiary/aromatic N) is 1. The molecule has 0 aliphatic rings. The van der Waals surface area contributed by atoms with Crippen molar-refractivity contribution in [2.45, 2.75) is 77.3 Å². The van der Waals surface area contributed by atoms with Gasteiger partial charge in [-0.05, 0) is 74.1 Å². The molecular formula is C29H43FN4O4S. The number of halogens is 1. The van der Waals surface area contributed by atoms with Crippen LogP contribution in [0.1, 0.15) is 70.7 Å². The van der Waals surface area contributed by atoms with Crippen LogP contribution < -0.4 is 16.4 Å². The second-order valence-corrected chi connectivity index (χ2v) is 12.4. The van der Waals surface area contributed by atoms with Gasteiger partial charge in [-0.25, -0.2) is 12.8 Å². The van der Waals surface area contributed by atoms with Crippen LogP contribution in [0.2, 0.25) is 0 Å². The van der Waals surface area contributed by atoms with E-state index in [2.05, 4.69) is 10.6 Å². The number of nitrogens with two attached hydrogens (primary N) is 1. The lowest BCUT2D eigenvalue weighted by Gasteiger charge is -2.28. The first-order chi connectivity index (χ1) is 18.4. The number of amides is 2. The lowest BCUT2D eigenvalue weighted by Crippen LogP contribution is -2.49. The zero-order chi connectivity index (χ0) is 29.2. The van der Waals surface area contributed by atoms with Gasteiger partial charge in [0.15, 0.2) is 0 Å². The van der Waals surface area contributed by atoms with E-state index < -0.39 is 39.7 Å². The molecule has 0 bridgehead atoms. The molecule has 2 aromatic carbocycles. The van der Waals surface area contributed by atoms with Crippen molar-refractivity contribution in [1.82, 2.24) is 9.62 Å². The van der Waals surface area contributed by atoms with E-state index in [4.69, 9.17) is 5.73 Å². The van der Waals surface area contributed by atoms with Crippen molar-refractivity contribution >= 4 is 27.5 Å². The Labute approximate surface area is 232 Å². The summed E-state index contributed by atoms with van der Waals surface area (Å²) in [6.07, 6.45) is 2.27. The van der Waals surface area contributed by atoms with Crippen LogP contribution in [0, 0.1) is 17.7 Å². The number of carbonyl (C=O) groups is 2. The van der Waals surface area contributed by atoms with Gasteiger partial charge in [0.05, 0.1) is 4.90 Å². The molecule has 216 valence electrons. The van der Waals surface area contributed by atoms with Gasteiger partial charge in [0.25, 0.3) is 5.91 Å². The standard InChI is InChI=1S/C29H43FN4O4S/c1-6-15-34(16-7-2)39(37,38)25-10-8-9-22(19-25)29(36)33-27(17-20(3)4)26(31)18-21(5)28(35)32-24-13-11-23(30)12-14-24/h8-14,19-21,26-27H,6-7,15-18,31H2,1-5H3,(H,32,35)(H,33,36)/t21-,26+,27+/m1/s1. The van der Waals surface area contributed by atoms with Gasteiger partial charge in [-0.3, -0.25) is 9.59 Å². The molecule has 0 unspecified atom stereocenters. The molecule has 0 fully saturated rings. The van der Waals surface area contributed by atoms with Gasteiger partial charge in [0, 0.05) is 42.3 Å². The molecule has 4 N–H and O–H groups in total. The number of carbonyl (C=O) groups excluding carboxylic acids is 2. The summed E-state index contributed by atoms with van der Waals surface area (Å²) in [5, 5.41) is 5.74. The fourth-order valence-electron chi connectivity index (χ4n) is 4.38. The normalized spacial score (nSPS) is 14.2. The third-order valence-corrected chi connectivity index (χ3v) is 8.32. The van der Waals surface area contributed by atoms with E-state index in [9.17, 15) is 22.4 Å². The van der Waals surface area contributed by atoms with E-state index in [0.29, 0.717) is 44.5 Å². The maximum atomic E-state index is 13.2. The molecule has 0 spiro atoms. The van der Waals surface area contributed by atoms with Gasteiger partial charge in [-0.2, -0.15) is 4.31 Å². The summed E-state index contributed by atoms with van der Waals surface area (Å²) >= 11 is 0. The Kier molecular flexibility index (Phi) is 12.5. The predicted octanol–water partition coefficient (Wildman–Crippen LogP) is 4.77. The van der Waals surface area contributed by atoms with E-state index in [1.165, 1.54) is 40.7 Å². The third-order valence-electron chi connectivity index (χ3n) is 6.42. The minimum absolute atomic E-state index is 0.0767. The van der Waals surface area contributed by atoms with Crippen LogP contribution in [0.15, 0.2) is 53.4 Å². The Bertz CT molecular complexity index is 1180. The molecule has 0 saturated carbocycles. The number of sulfonamides is 1. The van der Waals surface area contributed by atoms with Crippen molar-refractivity contribution in [3.05, 3.63) is 59.9 Å². The Morgan fingerprint density at radius 3 is 2.15 bits per heavy atom. The van der Waals surface area contributed by atoms with Crippen LogP contribution in [-0.4, -0.2) is 49.7 Å².